The molecule has 1 aromatic rings. The number of nitrogens with zero attached hydrogens (tertiary/aromatic N) is 2. The van der Waals surface area contributed by atoms with Crippen molar-refractivity contribution in [1.82, 2.24) is 10.1 Å². The summed E-state index contributed by atoms with van der Waals surface area (Å²) in [5.74, 6) is 2.21. The van der Waals surface area contributed by atoms with E-state index in [-0.39, 0.29) is 11.5 Å². The summed E-state index contributed by atoms with van der Waals surface area (Å²) in [6, 6.07) is 0.0357. The molecule has 0 amide bonds. The van der Waals surface area contributed by atoms with Crippen molar-refractivity contribution in [2.45, 2.75) is 58.1 Å². The minimum Gasteiger partial charge on any atom is -0.339 e. The van der Waals surface area contributed by atoms with Crippen molar-refractivity contribution < 1.29 is 4.52 Å². The molecule has 1 aromatic heterocycles. The minimum absolute atomic E-state index is 0.0357. The zero-order valence-electron chi connectivity index (χ0n) is 11.4. The van der Waals surface area contributed by atoms with Crippen LogP contribution in [-0.2, 0) is 12.2 Å². The van der Waals surface area contributed by atoms with Gasteiger partial charge in [0.25, 0.3) is 0 Å². The maximum Gasteiger partial charge on any atom is 0.228 e. The Bertz CT molecular complexity index is 344. The van der Waals surface area contributed by atoms with Crippen LogP contribution in [0.1, 0.15) is 46.3 Å². The second-order valence-corrected chi connectivity index (χ2v) is 7.21. The summed E-state index contributed by atoms with van der Waals surface area (Å²) in [6.45, 7) is 10.7. The highest BCUT2D eigenvalue weighted by atomic mass is 32.2. The molecule has 2 N–H and O–H groups in total. The summed E-state index contributed by atoms with van der Waals surface area (Å²) in [5, 5.41) is 4.54. The van der Waals surface area contributed by atoms with Crippen LogP contribution in [0.25, 0.3) is 0 Å². The van der Waals surface area contributed by atoms with Gasteiger partial charge in [0.15, 0.2) is 5.82 Å². The zero-order valence-corrected chi connectivity index (χ0v) is 12.2. The van der Waals surface area contributed by atoms with Crippen LogP contribution in [0.3, 0.4) is 0 Å². The van der Waals surface area contributed by atoms with Crippen LogP contribution in [0.5, 0.6) is 0 Å². The van der Waals surface area contributed by atoms with Crippen LogP contribution >= 0.6 is 11.8 Å². The second kappa shape index (κ2) is 5.87. The van der Waals surface area contributed by atoms with Gasteiger partial charge in [0.1, 0.15) is 0 Å². The predicted molar refractivity (Wildman–Crippen MR) is 71.9 cm³/mol. The van der Waals surface area contributed by atoms with E-state index in [0.29, 0.717) is 17.6 Å². The van der Waals surface area contributed by atoms with Gasteiger partial charge in [-0.15, -0.1) is 0 Å². The first-order chi connectivity index (χ1) is 7.79. The average Bonchev–Trinajstić information content (AvgIpc) is 2.61. The van der Waals surface area contributed by atoms with Gasteiger partial charge in [-0.3, -0.25) is 0 Å². The van der Waals surface area contributed by atoms with E-state index >= 15 is 0 Å². The van der Waals surface area contributed by atoms with Crippen LogP contribution in [-0.4, -0.2) is 21.4 Å². The first kappa shape index (κ1) is 14.5. The predicted octanol–water partition coefficient (Wildman–Crippen LogP) is 2.63. The van der Waals surface area contributed by atoms with E-state index in [0.717, 1.165) is 11.6 Å². The lowest BCUT2D eigenvalue weighted by Gasteiger charge is -2.25. The van der Waals surface area contributed by atoms with E-state index in [1.807, 2.05) is 0 Å². The van der Waals surface area contributed by atoms with Crippen molar-refractivity contribution in [3.05, 3.63) is 11.7 Å². The first-order valence-corrected chi connectivity index (χ1v) is 7.02. The van der Waals surface area contributed by atoms with Crippen LogP contribution in [0.4, 0.5) is 0 Å². The quantitative estimate of drug-likeness (QED) is 0.878. The molecule has 1 unspecified atom stereocenters. The van der Waals surface area contributed by atoms with Crippen molar-refractivity contribution >= 4 is 11.8 Å². The molecule has 0 aliphatic rings. The van der Waals surface area contributed by atoms with Gasteiger partial charge in [-0.1, -0.05) is 39.8 Å². The third-order valence-electron chi connectivity index (χ3n) is 2.56. The lowest BCUT2D eigenvalue weighted by Crippen LogP contribution is -2.36. The Kier molecular flexibility index (Phi) is 5.01. The number of aromatic nitrogens is 2. The molecule has 0 saturated carbocycles. The van der Waals surface area contributed by atoms with Crippen LogP contribution < -0.4 is 5.73 Å². The highest BCUT2D eigenvalue weighted by Gasteiger charge is 2.23. The monoisotopic (exact) mass is 257 g/mol. The Balaban J connectivity index is 2.51. The summed E-state index contributed by atoms with van der Waals surface area (Å²) in [4.78, 5) is 4.36. The first-order valence-electron chi connectivity index (χ1n) is 5.97. The Hall–Kier alpha value is -0.550. The van der Waals surface area contributed by atoms with E-state index in [9.17, 15) is 0 Å². The molecule has 98 valence electrons. The van der Waals surface area contributed by atoms with Gasteiger partial charge in [0.2, 0.25) is 5.89 Å². The number of nitrogens with two attached hydrogens (primary N) is 1. The molecule has 0 spiro atoms. The van der Waals surface area contributed by atoms with Crippen molar-refractivity contribution in [1.29, 1.82) is 0 Å². The lowest BCUT2D eigenvalue weighted by atomic mass is 9.85. The maximum atomic E-state index is 6.08. The molecule has 0 aromatic carbocycles. The second-order valence-electron chi connectivity index (χ2n) is 5.64. The van der Waals surface area contributed by atoms with Gasteiger partial charge in [-0.25, -0.2) is 0 Å². The van der Waals surface area contributed by atoms with Crippen molar-refractivity contribution in [3.63, 3.8) is 0 Å². The number of thioether (sulfide) groups is 1. The molecule has 1 rings (SSSR count). The molecule has 0 aliphatic heterocycles. The summed E-state index contributed by atoms with van der Waals surface area (Å²) in [6.07, 6.45) is 0.642. The van der Waals surface area contributed by atoms with E-state index in [1.54, 1.807) is 11.8 Å². The molecular formula is C12H23N3OS. The zero-order chi connectivity index (χ0) is 13.1. The minimum atomic E-state index is 0.0357. The van der Waals surface area contributed by atoms with E-state index in [4.69, 9.17) is 10.3 Å². The lowest BCUT2D eigenvalue weighted by molar-refractivity contribution is 0.285. The highest BCUT2D eigenvalue weighted by molar-refractivity contribution is 7.99. The Labute approximate surface area is 108 Å². The molecule has 4 nitrogen and oxygen atoms in total. The molecule has 17 heavy (non-hydrogen) atoms. The SMILES string of the molecule is CC(C)SCc1noc(CC(N)C(C)(C)C)n1. The normalized spacial score (nSPS) is 14.3. The third kappa shape index (κ3) is 5.08. The average molecular weight is 257 g/mol. The fraction of sp³-hybridized carbons (Fsp3) is 0.833. The molecule has 1 atom stereocenters. The maximum absolute atomic E-state index is 6.08. The van der Waals surface area contributed by atoms with Gasteiger partial charge in [-0.05, 0) is 10.7 Å². The van der Waals surface area contributed by atoms with E-state index in [2.05, 4.69) is 44.8 Å². The molecule has 0 saturated heterocycles. The van der Waals surface area contributed by atoms with E-state index in [1.165, 1.54) is 0 Å². The van der Waals surface area contributed by atoms with Crippen LogP contribution in [0.15, 0.2) is 4.52 Å². The number of hydrogen-bond donors (Lipinski definition) is 1. The fourth-order valence-electron chi connectivity index (χ4n) is 1.17. The Morgan fingerprint density at radius 1 is 1.35 bits per heavy atom. The Morgan fingerprint density at radius 3 is 2.53 bits per heavy atom. The summed E-state index contributed by atoms with van der Waals surface area (Å²) in [5.41, 5.74) is 6.14. The summed E-state index contributed by atoms with van der Waals surface area (Å²) >= 11 is 1.81. The summed E-state index contributed by atoms with van der Waals surface area (Å²) < 4.78 is 5.21. The molecule has 1 heterocycles. The number of rotatable bonds is 5. The standard InChI is InChI=1S/C12H23N3OS/c1-8(2)17-7-10-14-11(16-15-10)6-9(13)12(3,4)5/h8-9H,6-7,13H2,1-5H3. The smallest absolute Gasteiger partial charge is 0.228 e. The topological polar surface area (TPSA) is 64.9 Å². The van der Waals surface area contributed by atoms with Crippen molar-refractivity contribution in [3.8, 4) is 0 Å². The molecule has 0 radical (unpaired) electrons. The van der Waals surface area contributed by atoms with Crippen LogP contribution in [0, 0.1) is 5.41 Å². The van der Waals surface area contributed by atoms with Gasteiger partial charge in [0, 0.05) is 12.5 Å². The van der Waals surface area contributed by atoms with Gasteiger partial charge < -0.3 is 10.3 Å². The molecule has 0 aliphatic carbocycles. The van der Waals surface area contributed by atoms with E-state index < -0.39 is 0 Å². The van der Waals surface area contributed by atoms with Crippen molar-refractivity contribution in [2.75, 3.05) is 0 Å². The number of hydrogen-bond acceptors (Lipinski definition) is 5. The molecule has 0 fully saturated rings. The highest BCUT2D eigenvalue weighted by Crippen LogP contribution is 2.21. The largest absolute Gasteiger partial charge is 0.339 e. The van der Waals surface area contributed by atoms with Crippen molar-refractivity contribution in [2.24, 2.45) is 11.1 Å². The van der Waals surface area contributed by atoms with Gasteiger partial charge in [0.05, 0.1) is 5.75 Å². The molecule has 0 bridgehead atoms. The van der Waals surface area contributed by atoms with Gasteiger partial charge in [-0.2, -0.15) is 16.7 Å². The Morgan fingerprint density at radius 2 is 2.00 bits per heavy atom. The van der Waals surface area contributed by atoms with Gasteiger partial charge >= 0.3 is 0 Å². The fourth-order valence-corrected chi connectivity index (χ4v) is 1.77. The molecular weight excluding hydrogens is 234 g/mol. The molecule has 5 heteroatoms. The van der Waals surface area contributed by atoms with Crippen LogP contribution in [0.2, 0.25) is 0 Å². The summed E-state index contributed by atoms with van der Waals surface area (Å²) in [7, 11) is 0. The third-order valence-corrected chi connectivity index (χ3v) is 3.65.